The first-order chi connectivity index (χ1) is 10.4. The van der Waals surface area contributed by atoms with Crippen LogP contribution >= 0.6 is 11.3 Å². The zero-order valence-electron chi connectivity index (χ0n) is 13.0. The number of hydrogen-bond acceptors (Lipinski definition) is 5. The zero-order valence-corrected chi connectivity index (χ0v) is 14.7. The van der Waals surface area contributed by atoms with Gasteiger partial charge in [0, 0.05) is 19.6 Å². The fourth-order valence-corrected chi connectivity index (χ4v) is 5.25. The maximum absolute atomic E-state index is 12.6. The topological polar surface area (TPSA) is 69.7 Å². The van der Waals surface area contributed by atoms with E-state index in [-0.39, 0.29) is 15.7 Å². The largest absolute Gasteiger partial charge is 0.351 e. The number of hydrogen-bond donors (Lipinski definition) is 1. The smallest absolute Gasteiger partial charge is 0.262 e. The molecule has 0 atom stereocenters. The Kier molecular flexibility index (Phi) is 5.96. The van der Waals surface area contributed by atoms with Crippen LogP contribution in [-0.2, 0) is 10.0 Å². The number of carbonyl (C=O) groups is 1. The highest BCUT2D eigenvalue weighted by molar-refractivity contribution is 7.89. The second-order valence-corrected chi connectivity index (χ2v) is 8.46. The van der Waals surface area contributed by atoms with E-state index in [1.165, 1.54) is 21.7 Å². The number of nitrogens with one attached hydrogen (secondary N) is 1. The Morgan fingerprint density at radius 2 is 2.05 bits per heavy atom. The fraction of sp³-hybridized carbons (Fsp3) is 0.643. The van der Waals surface area contributed by atoms with E-state index >= 15 is 0 Å². The minimum atomic E-state index is -3.54. The summed E-state index contributed by atoms with van der Waals surface area (Å²) < 4.78 is 26.6. The summed E-state index contributed by atoms with van der Waals surface area (Å²) in [6, 6.07) is 1.53. The molecule has 1 aliphatic rings. The SMILES string of the molecule is CN(C)CCCNC(=O)c1sccc1S(=O)(=O)N1CCCC1. The summed E-state index contributed by atoms with van der Waals surface area (Å²) in [6.07, 6.45) is 2.60. The molecule has 1 saturated heterocycles. The van der Waals surface area contributed by atoms with E-state index in [4.69, 9.17) is 0 Å². The van der Waals surface area contributed by atoms with Crippen molar-refractivity contribution in [2.45, 2.75) is 24.2 Å². The summed E-state index contributed by atoms with van der Waals surface area (Å²) >= 11 is 1.18. The first-order valence-electron chi connectivity index (χ1n) is 7.43. The Morgan fingerprint density at radius 3 is 2.68 bits per heavy atom. The molecular weight excluding hydrogens is 322 g/mol. The normalized spacial score (nSPS) is 16.3. The van der Waals surface area contributed by atoms with Crippen molar-refractivity contribution in [3.05, 3.63) is 16.3 Å². The molecule has 22 heavy (non-hydrogen) atoms. The lowest BCUT2D eigenvalue weighted by Gasteiger charge is -2.15. The number of rotatable bonds is 7. The third-order valence-electron chi connectivity index (χ3n) is 3.59. The molecule has 0 aliphatic carbocycles. The molecule has 0 unspecified atom stereocenters. The van der Waals surface area contributed by atoms with E-state index in [2.05, 4.69) is 5.32 Å². The lowest BCUT2D eigenvalue weighted by Crippen LogP contribution is -2.31. The van der Waals surface area contributed by atoms with E-state index in [0.717, 1.165) is 25.8 Å². The van der Waals surface area contributed by atoms with Crippen LogP contribution in [0.15, 0.2) is 16.3 Å². The second-order valence-electron chi connectivity index (χ2n) is 5.64. The summed E-state index contributed by atoms with van der Waals surface area (Å²) in [4.78, 5) is 14.7. The molecule has 8 heteroatoms. The Morgan fingerprint density at radius 1 is 1.36 bits per heavy atom. The summed E-state index contributed by atoms with van der Waals surface area (Å²) in [6.45, 7) is 2.51. The summed E-state index contributed by atoms with van der Waals surface area (Å²) in [5.74, 6) is -0.300. The molecule has 6 nitrogen and oxygen atoms in total. The van der Waals surface area contributed by atoms with Gasteiger partial charge < -0.3 is 10.2 Å². The van der Waals surface area contributed by atoms with E-state index in [1.807, 2.05) is 19.0 Å². The van der Waals surface area contributed by atoms with E-state index in [0.29, 0.717) is 19.6 Å². The van der Waals surface area contributed by atoms with Crippen LogP contribution in [0.5, 0.6) is 0 Å². The van der Waals surface area contributed by atoms with Gasteiger partial charge in [0.25, 0.3) is 5.91 Å². The van der Waals surface area contributed by atoms with Crippen molar-refractivity contribution < 1.29 is 13.2 Å². The first kappa shape index (κ1) is 17.4. The lowest BCUT2D eigenvalue weighted by molar-refractivity contribution is 0.0953. The molecule has 1 aliphatic heterocycles. The Bertz CT molecular complexity index is 605. The average Bonchev–Trinajstić information content (AvgIpc) is 3.12. The molecule has 2 heterocycles. The molecule has 1 fully saturated rings. The molecule has 0 radical (unpaired) electrons. The van der Waals surface area contributed by atoms with Gasteiger partial charge in [-0.2, -0.15) is 4.31 Å². The van der Waals surface area contributed by atoms with Gasteiger partial charge in [0.05, 0.1) is 0 Å². The van der Waals surface area contributed by atoms with Gasteiger partial charge in [-0.3, -0.25) is 4.79 Å². The van der Waals surface area contributed by atoms with Crippen LogP contribution in [0.2, 0.25) is 0 Å². The third kappa shape index (κ3) is 4.07. The number of amides is 1. The Hall–Kier alpha value is -0.960. The molecule has 1 amide bonds. The average molecular weight is 345 g/mol. The van der Waals surface area contributed by atoms with Crippen molar-refractivity contribution in [1.82, 2.24) is 14.5 Å². The minimum Gasteiger partial charge on any atom is -0.351 e. The highest BCUT2D eigenvalue weighted by Crippen LogP contribution is 2.27. The van der Waals surface area contributed by atoms with Crippen LogP contribution < -0.4 is 5.32 Å². The monoisotopic (exact) mass is 345 g/mol. The second kappa shape index (κ2) is 7.54. The van der Waals surface area contributed by atoms with E-state index < -0.39 is 10.0 Å². The molecule has 1 aromatic heterocycles. The Labute approximate surface area is 136 Å². The molecule has 124 valence electrons. The van der Waals surface area contributed by atoms with Crippen molar-refractivity contribution >= 4 is 27.3 Å². The van der Waals surface area contributed by atoms with Crippen molar-refractivity contribution in [2.24, 2.45) is 0 Å². The maximum Gasteiger partial charge on any atom is 0.262 e. The van der Waals surface area contributed by atoms with Crippen molar-refractivity contribution in [3.8, 4) is 0 Å². The highest BCUT2D eigenvalue weighted by atomic mass is 32.2. The van der Waals surface area contributed by atoms with E-state index in [9.17, 15) is 13.2 Å². The first-order valence-corrected chi connectivity index (χ1v) is 9.75. The van der Waals surface area contributed by atoms with Crippen molar-refractivity contribution in [2.75, 3.05) is 40.3 Å². The van der Waals surface area contributed by atoms with Gasteiger partial charge in [-0.1, -0.05) is 0 Å². The number of sulfonamides is 1. The van der Waals surface area contributed by atoms with Crippen LogP contribution in [-0.4, -0.2) is 63.8 Å². The van der Waals surface area contributed by atoms with Gasteiger partial charge >= 0.3 is 0 Å². The van der Waals surface area contributed by atoms with Crippen LogP contribution in [0.25, 0.3) is 0 Å². The molecular formula is C14H23N3O3S2. The van der Waals surface area contributed by atoms with Crippen LogP contribution in [0.4, 0.5) is 0 Å². The molecule has 2 rings (SSSR count). The van der Waals surface area contributed by atoms with Gasteiger partial charge in [0.2, 0.25) is 10.0 Å². The van der Waals surface area contributed by atoms with Crippen molar-refractivity contribution in [3.63, 3.8) is 0 Å². The quantitative estimate of drug-likeness (QED) is 0.754. The van der Waals surface area contributed by atoms with Crippen LogP contribution in [0.3, 0.4) is 0 Å². The molecule has 0 saturated carbocycles. The summed E-state index contributed by atoms with van der Waals surface area (Å²) in [5, 5.41) is 4.47. The van der Waals surface area contributed by atoms with Crippen LogP contribution in [0.1, 0.15) is 28.9 Å². The van der Waals surface area contributed by atoms with Gasteiger partial charge in [0.1, 0.15) is 9.77 Å². The van der Waals surface area contributed by atoms with Gasteiger partial charge in [-0.25, -0.2) is 8.42 Å². The van der Waals surface area contributed by atoms with Gasteiger partial charge in [0.15, 0.2) is 0 Å². The zero-order chi connectivity index (χ0) is 16.2. The van der Waals surface area contributed by atoms with Crippen molar-refractivity contribution in [1.29, 1.82) is 0 Å². The summed E-state index contributed by atoms with van der Waals surface area (Å²) in [7, 11) is 0.408. The van der Waals surface area contributed by atoms with E-state index in [1.54, 1.807) is 5.38 Å². The lowest BCUT2D eigenvalue weighted by atomic mass is 10.4. The molecule has 0 aromatic carbocycles. The molecule has 1 aromatic rings. The maximum atomic E-state index is 12.6. The Balaban J connectivity index is 2.04. The number of thiophene rings is 1. The standard InChI is InChI=1S/C14H23N3O3S2/c1-16(2)8-5-7-15-14(18)13-12(6-11-21-13)22(19,20)17-9-3-4-10-17/h6,11H,3-5,7-10H2,1-2H3,(H,15,18). The predicted molar refractivity (Wildman–Crippen MR) is 87.8 cm³/mol. The predicted octanol–water partition coefficient (Wildman–Crippen LogP) is 1.21. The number of carbonyl (C=O) groups excluding carboxylic acids is 1. The molecule has 0 bridgehead atoms. The fourth-order valence-electron chi connectivity index (χ4n) is 2.41. The molecule has 1 N–H and O–H groups in total. The van der Waals surface area contributed by atoms with Gasteiger partial charge in [-0.05, 0) is 51.3 Å². The van der Waals surface area contributed by atoms with Gasteiger partial charge in [-0.15, -0.1) is 11.3 Å². The third-order valence-corrected chi connectivity index (χ3v) is 6.57. The highest BCUT2D eigenvalue weighted by Gasteiger charge is 2.31. The molecule has 0 spiro atoms. The summed E-state index contributed by atoms with van der Waals surface area (Å²) in [5.41, 5.74) is 0. The van der Waals surface area contributed by atoms with Crippen LogP contribution in [0, 0.1) is 0 Å². The number of nitrogens with zero attached hydrogens (tertiary/aromatic N) is 2. The minimum absolute atomic E-state index is 0.143.